The van der Waals surface area contributed by atoms with Crippen molar-refractivity contribution in [2.75, 3.05) is 27.3 Å². The predicted molar refractivity (Wildman–Crippen MR) is 74.2 cm³/mol. The summed E-state index contributed by atoms with van der Waals surface area (Å²) in [5.74, 6) is 1.89. The molecule has 1 atom stereocenters. The van der Waals surface area contributed by atoms with Crippen LogP contribution in [0.1, 0.15) is 12.3 Å². The largest absolute Gasteiger partial charge is 0.497 e. The standard InChI is InChI=1S/C14H17N3O4/c1-19-10-5-9(6-11(7-10)20-2)12-16-13(21-17-12)14(18)3-4-15-8-14/h5-7,15,18H,3-4,8H2,1-2H3. The van der Waals surface area contributed by atoms with Gasteiger partial charge >= 0.3 is 0 Å². The fourth-order valence-electron chi connectivity index (χ4n) is 2.33. The number of benzene rings is 1. The molecule has 1 aliphatic rings. The molecule has 2 aromatic rings. The van der Waals surface area contributed by atoms with Crippen LogP contribution in [-0.4, -0.2) is 42.6 Å². The molecule has 2 heterocycles. The van der Waals surface area contributed by atoms with Gasteiger partial charge in [-0.1, -0.05) is 5.16 Å². The molecule has 1 aromatic carbocycles. The van der Waals surface area contributed by atoms with E-state index in [-0.39, 0.29) is 5.89 Å². The van der Waals surface area contributed by atoms with Crippen LogP contribution in [0.15, 0.2) is 22.7 Å². The summed E-state index contributed by atoms with van der Waals surface area (Å²) in [5.41, 5.74) is -0.385. The van der Waals surface area contributed by atoms with E-state index in [4.69, 9.17) is 14.0 Å². The number of hydrogen-bond acceptors (Lipinski definition) is 7. The van der Waals surface area contributed by atoms with Gasteiger partial charge < -0.3 is 24.4 Å². The Morgan fingerprint density at radius 1 is 1.24 bits per heavy atom. The van der Waals surface area contributed by atoms with Crippen LogP contribution >= 0.6 is 0 Å². The zero-order valence-corrected chi connectivity index (χ0v) is 11.9. The molecular weight excluding hydrogens is 274 g/mol. The summed E-state index contributed by atoms with van der Waals surface area (Å²) in [6.45, 7) is 1.14. The minimum Gasteiger partial charge on any atom is -0.497 e. The number of rotatable bonds is 4. The van der Waals surface area contributed by atoms with Crippen molar-refractivity contribution in [3.8, 4) is 22.9 Å². The zero-order chi connectivity index (χ0) is 14.9. The highest BCUT2D eigenvalue weighted by atomic mass is 16.5. The van der Waals surface area contributed by atoms with Crippen LogP contribution in [-0.2, 0) is 5.60 Å². The molecule has 2 N–H and O–H groups in total. The highest BCUT2D eigenvalue weighted by Crippen LogP contribution is 2.31. The molecule has 1 aliphatic heterocycles. The van der Waals surface area contributed by atoms with Crippen molar-refractivity contribution in [2.45, 2.75) is 12.0 Å². The number of aromatic nitrogens is 2. The minimum absolute atomic E-state index is 0.226. The van der Waals surface area contributed by atoms with Gasteiger partial charge in [-0.15, -0.1) is 0 Å². The molecule has 112 valence electrons. The first kappa shape index (κ1) is 13.8. The molecule has 21 heavy (non-hydrogen) atoms. The van der Waals surface area contributed by atoms with E-state index in [0.29, 0.717) is 35.9 Å². The third kappa shape index (κ3) is 2.57. The number of ether oxygens (including phenoxy) is 2. The lowest BCUT2D eigenvalue weighted by Crippen LogP contribution is -2.28. The first-order valence-corrected chi connectivity index (χ1v) is 6.65. The van der Waals surface area contributed by atoms with Gasteiger partial charge in [0, 0.05) is 18.2 Å². The van der Waals surface area contributed by atoms with Gasteiger partial charge in [0.2, 0.25) is 5.82 Å². The maximum atomic E-state index is 10.4. The van der Waals surface area contributed by atoms with E-state index in [9.17, 15) is 5.11 Å². The summed E-state index contributed by atoms with van der Waals surface area (Å²) in [6.07, 6.45) is 0.552. The van der Waals surface area contributed by atoms with Crippen LogP contribution in [0.4, 0.5) is 0 Å². The molecule has 0 saturated carbocycles. The Hall–Kier alpha value is -2.12. The maximum absolute atomic E-state index is 10.4. The number of aliphatic hydroxyl groups is 1. The molecule has 0 bridgehead atoms. The summed E-state index contributed by atoms with van der Waals surface area (Å²) >= 11 is 0. The Morgan fingerprint density at radius 3 is 2.52 bits per heavy atom. The summed E-state index contributed by atoms with van der Waals surface area (Å²) in [7, 11) is 3.15. The van der Waals surface area contributed by atoms with Crippen molar-refractivity contribution in [3.63, 3.8) is 0 Å². The number of nitrogens with zero attached hydrogens (tertiary/aromatic N) is 2. The van der Waals surface area contributed by atoms with Gasteiger partial charge in [-0.2, -0.15) is 4.98 Å². The number of hydrogen-bond donors (Lipinski definition) is 2. The SMILES string of the molecule is COc1cc(OC)cc(-c2noc(C3(O)CCNC3)n2)c1. The molecule has 0 aliphatic carbocycles. The van der Waals surface area contributed by atoms with Crippen LogP contribution in [0.5, 0.6) is 11.5 Å². The fourth-order valence-corrected chi connectivity index (χ4v) is 2.33. The van der Waals surface area contributed by atoms with E-state index in [0.717, 1.165) is 6.54 Å². The highest BCUT2D eigenvalue weighted by molar-refractivity contribution is 5.60. The van der Waals surface area contributed by atoms with E-state index in [1.807, 2.05) is 0 Å². The van der Waals surface area contributed by atoms with Crippen molar-refractivity contribution in [3.05, 3.63) is 24.1 Å². The molecule has 3 rings (SSSR count). The molecule has 0 spiro atoms. The Balaban J connectivity index is 1.96. The van der Waals surface area contributed by atoms with Crippen LogP contribution in [0.2, 0.25) is 0 Å². The van der Waals surface area contributed by atoms with Gasteiger partial charge in [0.05, 0.1) is 14.2 Å². The monoisotopic (exact) mass is 291 g/mol. The molecule has 1 aromatic heterocycles. The molecule has 0 radical (unpaired) electrons. The molecular formula is C14H17N3O4. The zero-order valence-electron chi connectivity index (χ0n) is 11.9. The van der Waals surface area contributed by atoms with Crippen LogP contribution in [0.3, 0.4) is 0 Å². The van der Waals surface area contributed by atoms with E-state index in [2.05, 4.69) is 15.5 Å². The summed E-state index contributed by atoms with van der Waals surface area (Å²) in [6, 6.07) is 5.33. The molecule has 1 saturated heterocycles. The normalized spacial score (nSPS) is 21.5. The van der Waals surface area contributed by atoms with Gasteiger partial charge in [-0.05, 0) is 25.1 Å². The topological polar surface area (TPSA) is 89.6 Å². The lowest BCUT2D eigenvalue weighted by atomic mass is 10.0. The second-order valence-corrected chi connectivity index (χ2v) is 4.98. The van der Waals surface area contributed by atoms with Crippen LogP contribution in [0, 0.1) is 0 Å². The first-order chi connectivity index (χ1) is 10.1. The van der Waals surface area contributed by atoms with Crippen LogP contribution in [0.25, 0.3) is 11.4 Å². The van der Waals surface area contributed by atoms with Crippen molar-refractivity contribution in [1.82, 2.24) is 15.5 Å². The van der Waals surface area contributed by atoms with E-state index >= 15 is 0 Å². The van der Waals surface area contributed by atoms with Gasteiger partial charge in [0.25, 0.3) is 5.89 Å². The third-order valence-electron chi connectivity index (χ3n) is 3.57. The number of methoxy groups -OCH3 is 2. The molecule has 0 amide bonds. The molecule has 1 fully saturated rings. The maximum Gasteiger partial charge on any atom is 0.260 e. The first-order valence-electron chi connectivity index (χ1n) is 6.65. The Morgan fingerprint density at radius 2 is 1.95 bits per heavy atom. The Kier molecular flexibility index (Phi) is 3.52. The molecule has 7 heteroatoms. The van der Waals surface area contributed by atoms with Crippen molar-refractivity contribution >= 4 is 0 Å². The minimum atomic E-state index is -1.09. The molecule has 7 nitrogen and oxygen atoms in total. The molecule has 1 unspecified atom stereocenters. The lowest BCUT2D eigenvalue weighted by Gasteiger charge is -2.14. The Labute approximate surface area is 121 Å². The quantitative estimate of drug-likeness (QED) is 0.866. The second-order valence-electron chi connectivity index (χ2n) is 4.98. The number of nitrogens with one attached hydrogen (secondary N) is 1. The predicted octanol–water partition coefficient (Wildman–Crippen LogP) is 0.935. The average molecular weight is 291 g/mol. The van der Waals surface area contributed by atoms with Crippen molar-refractivity contribution in [1.29, 1.82) is 0 Å². The Bertz CT molecular complexity index is 613. The highest BCUT2D eigenvalue weighted by Gasteiger charge is 2.38. The number of β-amino-alcohol motifs (C(OH)–C–C–N with tert-alkyl or cyclic N) is 1. The van der Waals surface area contributed by atoms with Gasteiger partial charge in [-0.25, -0.2) is 0 Å². The third-order valence-corrected chi connectivity index (χ3v) is 3.57. The second kappa shape index (κ2) is 5.34. The fraction of sp³-hybridized carbons (Fsp3) is 0.429. The van der Waals surface area contributed by atoms with Crippen molar-refractivity contribution in [2.24, 2.45) is 0 Å². The van der Waals surface area contributed by atoms with Gasteiger partial charge in [0.1, 0.15) is 11.5 Å². The summed E-state index contributed by atoms with van der Waals surface area (Å²) < 4.78 is 15.7. The van der Waals surface area contributed by atoms with E-state index in [1.54, 1.807) is 32.4 Å². The smallest absolute Gasteiger partial charge is 0.260 e. The van der Waals surface area contributed by atoms with Crippen LogP contribution < -0.4 is 14.8 Å². The van der Waals surface area contributed by atoms with Gasteiger partial charge in [0.15, 0.2) is 5.60 Å². The van der Waals surface area contributed by atoms with Crippen molar-refractivity contribution < 1.29 is 19.1 Å². The van der Waals surface area contributed by atoms with E-state index < -0.39 is 5.60 Å². The summed E-state index contributed by atoms with van der Waals surface area (Å²) in [5, 5.41) is 17.4. The summed E-state index contributed by atoms with van der Waals surface area (Å²) in [4.78, 5) is 4.31. The van der Waals surface area contributed by atoms with E-state index in [1.165, 1.54) is 0 Å². The average Bonchev–Trinajstić information content (AvgIpc) is 3.16. The lowest BCUT2D eigenvalue weighted by molar-refractivity contribution is 0.0243. The van der Waals surface area contributed by atoms with Gasteiger partial charge in [-0.3, -0.25) is 0 Å².